The van der Waals surface area contributed by atoms with Gasteiger partial charge in [-0.25, -0.2) is 4.79 Å². The van der Waals surface area contributed by atoms with Gasteiger partial charge in [0.25, 0.3) is 5.91 Å². The van der Waals surface area contributed by atoms with Crippen molar-refractivity contribution in [2.24, 2.45) is 11.7 Å². The normalized spacial score (nSPS) is 12.0. The summed E-state index contributed by atoms with van der Waals surface area (Å²) in [4.78, 5) is 37.8. The second-order valence-corrected chi connectivity index (χ2v) is 9.15. The number of aromatic hydroxyl groups is 1. The number of Topliss-reactive ketones (excluding diaryl/α,β-unsaturated/α-hetero) is 1. The highest BCUT2D eigenvalue weighted by Gasteiger charge is 2.30. The summed E-state index contributed by atoms with van der Waals surface area (Å²) in [5, 5.41) is 14.9. The predicted octanol–water partition coefficient (Wildman–Crippen LogP) is 4.45. The number of halogens is 1. The maximum atomic E-state index is 13.5. The number of ether oxygens (including phenoxy) is 1. The van der Waals surface area contributed by atoms with E-state index in [0.717, 1.165) is 24.1 Å². The zero-order valence-electron chi connectivity index (χ0n) is 23.2. The molecule has 1 amide bonds. The van der Waals surface area contributed by atoms with Crippen LogP contribution in [0.2, 0.25) is 0 Å². The van der Waals surface area contributed by atoms with Gasteiger partial charge in [-0.05, 0) is 54.6 Å². The van der Waals surface area contributed by atoms with Gasteiger partial charge in [0.1, 0.15) is 18.8 Å². The molecule has 3 rings (SSSR count). The highest BCUT2D eigenvalue weighted by molar-refractivity contribution is 9.08. The van der Waals surface area contributed by atoms with Gasteiger partial charge >= 0.3 is 5.97 Å². The van der Waals surface area contributed by atoms with E-state index in [1.807, 2.05) is 66.5 Å². The number of hydrogen-bond donors (Lipinski definition) is 4. The van der Waals surface area contributed by atoms with Crippen LogP contribution in [-0.4, -0.2) is 47.8 Å². The number of benzene rings is 3. The van der Waals surface area contributed by atoms with Crippen molar-refractivity contribution in [1.82, 2.24) is 0 Å². The molecule has 0 unspecified atom stereocenters. The number of esters is 1. The number of rotatable bonds is 14. The lowest BCUT2D eigenvalue weighted by Gasteiger charge is -2.27. The number of nitrogens with one attached hydrogen (secondary N) is 1. The van der Waals surface area contributed by atoms with E-state index in [1.54, 1.807) is 5.32 Å². The van der Waals surface area contributed by atoms with Gasteiger partial charge in [-0.3, -0.25) is 9.59 Å². The topological polar surface area (TPSA) is 135 Å². The summed E-state index contributed by atoms with van der Waals surface area (Å²) in [6, 6.07) is 22.3. The average molecular weight is 614 g/mol. The molecule has 9 heteroatoms. The first-order valence-corrected chi connectivity index (χ1v) is 14.8. The van der Waals surface area contributed by atoms with Gasteiger partial charge in [-0.15, -0.1) is 0 Å². The molecule has 0 aliphatic heterocycles. The second-order valence-electron chi connectivity index (χ2n) is 9.15. The highest BCUT2D eigenvalue weighted by Crippen LogP contribution is 2.24. The Morgan fingerprint density at radius 1 is 0.950 bits per heavy atom. The van der Waals surface area contributed by atoms with Crippen molar-refractivity contribution in [3.63, 3.8) is 0 Å². The number of hydrogen-bond acceptors (Lipinski definition) is 6. The molecule has 214 valence electrons. The quantitative estimate of drug-likeness (QED) is 0.121. The number of ketones is 1. The number of nitrogens with two attached hydrogens (primary N) is 2. The summed E-state index contributed by atoms with van der Waals surface area (Å²) >= 11 is 2.94. The van der Waals surface area contributed by atoms with Crippen molar-refractivity contribution in [3.8, 4) is 5.75 Å². The molecule has 0 spiro atoms. The molecule has 0 bridgehead atoms. The monoisotopic (exact) mass is 612 g/mol. The Morgan fingerprint density at radius 2 is 1.55 bits per heavy atom. The molecule has 0 aliphatic carbocycles. The number of phenols is 1. The summed E-state index contributed by atoms with van der Waals surface area (Å²) in [5.74, 6) is 0.243. The third-order valence-corrected chi connectivity index (χ3v) is 6.61. The molecular weight excluding hydrogens is 574 g/mol. The van der Waals surface area contributed by atoms with Gasteiger partial charge in [0.15, 0.2) is 12.1 Å². The number of carbonyl (C=O) groups is 3. The predicted molar refractivity (Wildman–Crippen MR) is 161 cm³/mol. The number of para-hydroxylation sites is 1. The lowest BCUT2D eigenvalue weighted by molar-refractivity contribution is -0.650. The van der Waals surface area contributed by atoms with E-state index in [-0.39, 0.29) is 41.1 Å². The van der Waals surface area contributed by atoms with Crippen molar-refractivity contribution >= 4 is 39.3 Å². The van der Waals surface area contributed by atoms with E-state index >= 15 is 0 Å². The Kier molecular flexibility index (Phi) is 13.9. The summed E-state index contributed by atoms with van der Waals surface area (Å²) in [5.41, 5.74) is 7.05. The minimum absolute atomic E-state index is 0.0849. The van der Waals surface area contributed by atoms with Gasteiger partial charge in [-0.1, -0.05) is 78.3 Å². The zero-order valence-corrected chi connectivity index (χ0v) is 24.8. The van der Waals surface area contributed by atoms with Crippen LogP contribution >= 0.6 is 15.9 Å². The number of quaternary nitrogens is 1. The average Bonchev–Trinajstić information content (AvgIpc) is 2.98. The van der Waals surface area contributed by atoms with Gasteiger partial charge in [-0.2, -0.15) is 0 Å². The molecule has 3 aromatic carbocycles. The maximum Gasteiger partial charge on any atom is 0.333 e. The van der Waals surface area contributed by atoms with Gasteiger partial charge < -0.3 is 26.2 Å². The molecule has 0 radical (unpaired) electrons. The summed E-state index contributed by atoms with van der Waals surface area (Å²) in [7, 11) is 0. The molecule has 0 heterocycles. The molecule has 0 aromatic heterocycles. The van der Waals surface area contributed by atoms with Crippen molar-refractivity contribution in [2.45, 2.75) is 38.8 Å². The van der Waals surface area contributed by atoms with Crippen LogP contribution in [-0.2, 0) is 9.53 Å². The summed E-state index contributed by atoms with van der Waals surface area (Å²) in [6.07, 6.45) is 1.23. The second kappa shape index (κ2) is 17.1. The number of carbonyl (C=O) groups excluding carboxylic acids is 3. The van der Waals surface area contributed by atoms with E-state index in [1.165, 1.54) is 18.2 Å². The molecule has 6 N–H and O–H groups in total. The standard InChI is InChI=1S/C30H35N3O5.CH3Br/c1-3-20(4-2)27(19-32-18-26(35)22-15-16-25(34)24(17-22)29(31)36)38-30(37)28(21-11-7-5-8-12-21)33-23-13-9-6-10-14-23;1-2/h5-17,20,27-28,32-34H,3-4,18-19H2,1-2H3,(H2,31,36);1H3/p+1/t27-,28+;/m0./s1. The zero-order chi connectivity index (χ0) is 29.5. The molecule has 3 aromatic rings. The largest absolute Gasteiger partial charge is 0.507 e. The van der Waals surface area contributed by atoms with E-state index in [0.29, 0.717) is 6.54 Å². The van der Waals surface area contributed by atoms with Gasteiger partial charge in [0, 0.05) is 17.2 Å². The van der Waals surface area contributed by atoms with Crippen LogP contribution in [0.15, 0.2) is 78.9 Å². The fourth-order valence-corrected chi connectivity index (χ4v) is 4.40. The Bertz CT molecular complexity index is 1220. The maximum absolute atomic E-state index is 13.5. The van der Waals surface area contributed by atoms with Crippen LogP contribution in [0.1, 0.15) is 59.0 Å². The van der Waals surface area contributed by atoms with Crippen molar-refractivity contribution < 1.29 is 29.5 Å². The SMILES string of the molecule is CBr.CCC(CC)[C@H](C[NH2+]CC(=O)c1ccc(O)c(C(N)=O)c1)OC(=O)[C@H](Nc1ccccc1)c1ccccc1. The van der Waals surface area contributed by atoms with E-state index < -0.39 is 18.1 Å². The molecule has 8 nitrogen and oxygen atoms in total. The minimum Gasteiger partial charge on any atom is -0.507 e. The van der Waals surface area contributed by atoms with Crippen molar-refractivity contribution in [3.05, 3.63) is 95.6 Å². The van der Waals surface area contributed by atoms with Gasteiger partial charge in [0.05, 0.1) is 5.56 Å². The first kappa shape index (κ1) is 32.5. The van der Waals surface area contributed by atoms with Crippen LogP contribution in [0.5, 0.6) is 5.75 Å². The summed E-state index contributed by atoms with van der Waals surface area (Å²) < 4.78 is 6.10. The van der Waals surface area contributed by atoms with Crippen LogP contribution < -0.4 is 16.4 Å². The molecule has 0 saturated heterocycles. The van der Waals surface area contributed by atoms with Crippen LogP contribution in [0, 0.1) is 5.92 Å². The molecular formula is C31H39BrN3O5+. The first-order valence-electron chi connectivity index (χ1n) is 13.3. The molecule has 40 heavy (non-hydrogen) atoms. The lowest BCUT2D eigenvalue weighted by Crippen LogP contribution is -2.88. The molecule has 0 aliphatic rings. The Morgan fingerprint density at radius 3 is 2.12 bits per heavy atom. The fourth-order valence-electron chi connectivity index (χ4n) is 4.40. The van der Waals surface area contributed by atoms with Crippen LogP contribution in [0.4, 0.5) is 5.69 Å². The van der Waals surface area contributed by atoms with E-state index in [4.69, 9.17) is 10.5 Å². The third kappa shape index (κ3) is 9.50. The molecule has 2 atom stereocenters. The molecule has 0 saturated carbocycles. The number of alkyl halides is 1. The third-order valence-electron chi connectivity index (χ3n) is 6.61. The Hall–Kier alpha value is -3.69. The Labute approximate surface area is 244 Å². The van der Waals surface area contributed by atoms with Crippen molar-refractivity contribution in [1.29, 1.82) is 0 Å². The fraction of sp³-hybridized carbons (Fsp3) is 0.323. The molecule has 0 fully saturated rings. The number of anilines is 1. The van der Waals surface area contributed by atoms with Gasteiger partial charge in [0.2, 0.25) is 5.78 Å². The number of amides is 1. The Balaban J connectivity index is 0.00000274. The van der Waals surface area contributed by atoms with Crippen molar-refractivity contribution in [2.75, 3.05) is 24.2 Å². The number of primary amides is 1. The smallest absolute Gasteiger partial charge is 0.333 e. The minimum atomic E-state index is -0.807. The van der Waals surface area contributed by atoms with Crippen LogP contribution in [0.25, 0.3) is 0 Å². The summed E-state index contributed by atoms with van der Waals surface area (Å²) in [6.45, 7) is 4.59. The first-order chi connectivity index (χ1) is 19.3. The van der Waals surface area contributed by atoms with Crippen LogP contribution in [0.3, 0.4) is 0 Å². The van der Waals surface area contributed by atoms with E-state index in [2.05, 4.69) is 35.1 Å². The lowest BCUT2D eigenvalue weighted by atomic mass is 9.96. The van der Waals surface area contributed by atoms with E-state index in [9.17, 15) is 19.5 Å². The highest BCUT2D eigenvalue weighted by atomic mass is 79.9.